The molecule has 2 unspecified atom stereocenters. The van der Waals surface area contributed by atoms with Gasteiger partial charge in [0.2, 0.25) is 5.95 Å². The van der Waals surface area contributed by atoms with Gasteiger partial charge < -0.3 is 49.8 Å². The third-order valence-corrected chi connectivity index (χ3v) is 12.3. The molecule has 2 bridgehead atoms. The van der Waals surface area contributed by atoms with Crippen molar-refractivity contribution in [2.24, 2.45) is 11.3 Å². The van der Waals surface area contributed by atoms with Crippen LogP contribution in [-0.2, 0) is 39.2 Å². The minimum atomic E-state index is -4.98. The largest absolute Gasteiger partial charge is 0.472 e. The number of phosphoric ester groups is 1. The van der Waals surface area contributed by atoms with Crippen molar-refractivity contribution >= 4 is 71.8 Å². The highest BCUT2D eigenvalue weighted by molar-refractivity contribution is 8.07. The Labute approximate surface area is 265 Å². The quantitative estimate of drug-likeness (QED) is 0.125. The van der Waals surface area contributed by atoms with Crippen LogP contribution in [0.2, 0.25) is 0 Å². The lowest BCUT2D eigenvalue weighted by atomic mass is 10.0. The minimum absolute atomic E-state index is 0.0385. The first kappa shape index (κ1) is 30.8. The van der Waals surface area contributed by atoms with Gasteiger partial charge in [0.05, 0.1) is 30.5 Å². The van der Waals surface area contributed by atoms with Gasteiger partial charge in [-0.2, -0.15) is 4.37 Å². The number of nitrogens with two attached hydrogens (primary N) is 2. The first-order valence-corrected chi connectivity index (χ1v) is 18.6. The molecule has 0 amide bonds. The van der Waals surface area contributed by atoms with Crippen LogP contribution in [0.5, 0.6) is 0 Å². The summed E-state index contributed by atoms with van der Waals surface area (Å²) in [6.45, 7) is -5.17. The number of ether oxygens (including phenoxy) is 1. The van der Waals surface area contributed by atoms with Crippen molar-refractivity contribution < 1.29 is 47.4 Å². The molecule has 4 fully saturated rings. The standard InChI is InChI=1S/C22H25N9O11P2S2/c23-18-10-19(26-4-25-18)31(5-27-10)11-6-1-22(6)3-39-43(35,36)41-14-12(32)7(2-38-44(37,45)42-17(22)13(11)33)40-15(14)16-8-9(30-46-16)20(34)29-21(24)28-8/h4-7,11-15,17,32-33H,1-3H2,(H,35,36)(H,37,45)(H2,23,25,26)(H3,24,28,29,34)/t6-,7-,11-,12-,13+,14-,15-,17+,22+,44?/m1/s1. The second-order valence-electron chi connectivity index (χ2n) is 11.5. The number of anilines is 2. The van der Waals surface area contributed by atoms with Crippen LogP contribution < -0.4 is 17.0 Å². The van der Waals surface area contributed by atoms with E-state index in [1.807, 2.05) is 0 Å². The first-order valence-electron chi connectivity index (χ1n) is 13.7. The molecule has 20 nitrogen and oxygen atoms in total. The van der Waals surface area contributed by atoms with Crippen LogP contribution in [0.25, 0.3) is 22.2 Å². The van der Waals surface area contributed by atoms with Gasteiger partial charge in [0.15, 0.2) is 17.0 Å². The number of H-pyrrole nitrogens is 1. The minimum Gasteiger partial charge on any atom is -0.388 e. The van der Waals surface area contributed by atoms with E-state index in [-0.39, 0.29) is 27.7 Å². The Morgan fingerprint density at radius 2 is 1.91 bits per heavy atom. The number of aromatic nitrogens is 7. The Kier molecular flexibility index (Phi) is 7.00. The highest BCUT2D eigenvalue weighted by Gasteiger charge is 2.74. The number of nitrogen functional groups attached to an aromatic ring is 2. The predicted molar refractivity (Wildman–Crippen MR) is 159 cm³/mol. The number of fused-ring (bicyclic) bond motifs is 4. The van der Waals surface area contributed by atoms with Crippen molar-refractivity contribution in [3.63, 3.8) is 0 Å². The van der Waals surface area contributed by atoms with Gasteiger partial charge in [0, 0.05) is 5.41 Å². The maximum Gasteiger partial charge on any atom is 0.472 e. The fraction of sp³-hybridized carbons (Fsp3) is 0.545. The molecule has 24 heteroatoms. The molecule has 2 aliphatic carbocycles. The Hall–Kier alpha value is -2.56. The van der Waals surface area contributed by atoms with E-state index in [0.29, 0.717) is 17.6 Å². The highest BCUT2D eigenvalue weighted by atomic mass is 32.5. The van der Waals surface area contributed by atoms with Gasteiger partial charge in [-0.25, -0.2) is 24.5 Å². The molecule has 246 valence electrons. The SMILES string of the molecule is Nc1nc2c([C@@H]3O[C@@H]4COP(O)(=S)O[C@H]5[C@@H](O)[C@H](n6cnc7c(N)ncnc76)[C@H]6C[C@]65COP(=O)(O)O[C@@H]3[C@@H]4O)snc2c(=O)[nH]1. The Balaban J connectivity index is 1.14. The van der Waals surface area contributed by atoms with Crippen molar-refractivity contribution in [3.8, 4) is 0 Å². The zero-order chi connectivity index (χ0) is 32.3. The molecule has 11 atom stereocenters. The third kappa shape index (κ3) is 4.75. The van der Waals surface area contributed by atoms with E-state index >= 15 is 0 Å². The molecule has 0 radical (unpaired) electrons. The van der Waals surface area contributed by atoms with E-state index in [1.165, 1.54) is 12.7 Å². The van der Waals surface area contributed by atoms with E-state index in [1.54, 1.807) is 4.57 Å². The molecule has 4 aliphatic rings. The Morgan fingerprint density at radius 3 is 2.72 bits per heavy atom. The van der Waals surface area contributed by atoms with Crippen molar-refractivity contribution in [1.29, 1.82) is 0 Å². The number of rotatable bonds is 2. The zero-order valence-electron chi connectivity index (χ0n) is 23.1. The molecule has 6 heterocycles. The number of aromatic amines is 1. The van der Waals surface area contributed by atoms with Crippen LogP contribution >= 0.6 is 26.1 Å². The van der Waals surface area contributed by atoms with E-state index in [0.717, 1.165) is 11.5 Å². The van der Waals surface area contributed by atoms with Gasteiger partial charge >= 0.3 is 14.5 Å². The van der Waals surface area contributed by atoms with Gasteiger partial charge in [-0.1, -0.05) is 0 Å². The second-order valence-corrected chi connectivity index (χ2v) is 16.5. The molecular formula is C22H25N9O11P2S2. The van der Waals surface area contributed by atoms with Gasteiger partial charge in [-0.3, -0.25) is 18.8 Å². The summed E-state index contributed by atoms with van der Waals surface area (Å²) in [5, 5.41) is 22.7. The maximum atomic E-state index is 13.5. The topological polar surface area (TPSA) is 298 Å². The first-order chi connectivity index (χ1) is 21.8. The van der Waals surface area contributed by atoms with Gasteiger partial charge in [-0.15, -0.1) is 0 Å². The lowest BCUT2D eigenvalue weighted by Crippen LogP contribution is -2.38. The second kappa shape index (κ2) is 10.5. The van der Waals surface area contributed by atoms with Crippen molar-refractivity contribution in [1.82, 2.24) is 33.9 Å². The lowest BCUT2D eigenvalue weighted by Gasteiger charge is -2.31. The summed E-state index contributed by atoms with van der Waals surface area (Å²) in [5.74, 6) is -0.496. The Morgan fingerprint density at radius 1 is 1.11 bits per heavy atom. The number of phosphoric acid groups is 1. The molecule has 0 aromatic carbocycles. The summed E-state index contributed by atoms with van der Waals surface area (Å²) in [6.07, 6.45) is -5.28. The van der Waals surface area contributed by atoms with Crippen molar-refractivity contribution in [2.45, 2.75) is 49.1 Å². The summed E-state index contributed by atoms with van der Waals surface area (Å²) >= 11 is 6.10. The molecule has 4 aromatic rings. The number of hydrogen-bond donors (Lipinski definition) is 7. The average molecular weight is 718 g/mol. The maximum absolute atomic E-state index is 13.5. The predicted octanol–water partition coefficient (Wildman–Crippen LogP) is -0.759. The molecule has 9 N–H and O–H groups in total. The zero-order valence-corrected chi connectivity index (χ0v) is 26.5. The van der Waals surface area contributed by atoms with Crippen LogP contribution in [0.15, 0.2) is 17.4 Å². The summed E-state index contributed by atoms with van der Waals surface area (Å²) in [7, 11) is -4.98. The molecule has 46 heavy (non-hydrogen) atoms. The van der Waals surface area contributed by atoms with E-state index < -0.39 is 87.3 Å². The van der Waals surface area contributed by atoms with Crippen LogP contribution in [0.1, 0.15) is 23.4 Å². The number of imidazole rings is 1. The van der Waals surface area contributed by atoms with Crippen molar-refractivity contribution in [2.75, 3.05) is 24.7 Å². The summed E-state index contributed by atoms with van der Waals surface area (Å²) in [4.78, 5) is 53.5. The monoisotopic (exact) mass is 717 g/mol. The fourth-order valence-electron chi connectivity index (χ4n) is 6.75. The molecule has 1 spiro atoms. The molecule has 2 aliphatic heterocycles. The number of nitrogens with one attached hydrogen (secondary N) is 1. The van der Waals surface area contributed by atoms with Gasteiger partial charge in [0.25, 0.3) is 5.56 Å². The summed E-state index contributed by atoms with van der Waals surface area (Å²) < 4.78 is 47.6. The van der Waals surface area contributed by atoms with Crippen LogP contribution in [-0.4, -0.2) is 97.6 Å². The Bertz CT molecular complexity index is 2050. The normalized spacial score (nSPS) is 41.0. The van der Waals surface area contributed by atoms with E-state index in [4.69, 9.17) is 46.1 Å². The third-order valence-electron chi connectivity index (χ3n) is 8.90. The van der Waals surface area contributed by atoms with Crippen LogP contribution in [0.3, 0.4) is 0 Å². The van der Waals surface area contributed by atoms with E-state index in [9.17, 15) is 29.4 Å². The lowest BCUT2D eigenvalue weighted by molar-refractivity contribution is -0.0430. The average Bonchev–Trinajstić information content (AvgIpc) is 3.26. The molecular weight excluding hydrogens is 692 g/mol. The number of nitrogens with zero attached hydrogens (tertiary/aromatic N) is 6. The molecule has 2 saturated carbocycles. The highest BCUT2D eigenvalue weighted by Crippen LogP contribution is 2.72. The summed E-state index contributed by atoms with van der Waals surface area (Å²) in [5.41, 5.74) is 10.6. The van der Waals surface area contributed by atoms with E-state index in [2.05, 4.69) is 29.3 Å². The molecule has 2 saturated heterocycles. The molecule has 4 aromatic heterocycles. The number of hydrogen-bond acceptors (Lipinski definition) is 18. The smallest absolute Gasteiger partial charge is 0.388 e. The van der Waals surface area contributed by atoms with Crippen LogP contribution in [0, 0.1) is 11.3 Å². The number of aliphatic hydroxyl groups is 2. The van der Waals surface area contributed by atoms with Crippen LogP contribution in [0.4, 0.5) is 11.8 Å². The van der Waals surface area contributed by atoms with Gasteiger partial charge in [0.1, 0.15) is 54.0 Å². The number of aliphatic hydroxyl groups excluding tert-OH is 2. The fourth-order valence-corrected chi connectivity index (χ4v) is 10.1. The van der Waals surface area contributed by atoms with Gasteiger partial charge in [-0.05, 0) is 35.7 Å². The van der Waals surface area contributed by atoms with Crippen molar-refractivity contribution in [3.05, 3.63) is 27.9 Å². The summed E-state index contributed by atoms with van der Waals surface area (Å²) in [6, 6.07) is -0.733. The molecule has 8 rings (SSSR count).